The van der Waals surface area contributed by atoms with Crippen molar-refractivity contribution in [3.8, 4) is 5.75 Å². The Labute approximate surface area is 181 Å². The molecule has 3 atom stereocenters. The summed E-state index contributed by atoms with van der Waals surface area (Å²) < 4.78 is 0. The predicted molar refractivity (Wildman–Crippen MR) is 117 cm³/mol. The number of rotatable bonds is 8. The normalized spacial score (nSPS) is 19.3. The van der Waals surface area contributed by atoms with Crippen molar-refractivity contribution < 1.29 is 14.7 Å². The Morgan fingerprint density at radius 2 is 2.00 bits per heavy atom. The van der Waals surface area contributed by atoms with E-state index in [2.05, 4.69) is 16.0 Å². The smallest absolute Gasteiger partial charge is 0.247 e. The zero-order valence-electron chi connectivity index (χ0n) is 16.6. The second kappa shape index (κ2) is 10.4. The van der Waals surface area contributed by atoms with Gasteiger partial charge in [-0.2, -0.15) is 0 Å². The van der Waals surface area contributed by atoms with E-state index in [0.717, 1.165) is 5.56 Å². The molecular weight excluding hydrogens is 404 g/mol. The molecule has 1 saturated heterocycles. The lowest BCUT2D eigenvalue weighted by atomic mass is 10.0. The molecule has 160 valence electrons. The molecule has 2 aromatic carbocycles. The third-order valence-electron chi connectivity index (χ3n) is 5.29. The van der Waals surface area contributed by atoms with Gasteiger partial charge in [0.2, 0.25) is 11.8 Å². The van der Waals surface area contributed by atoms with Crippen molar-refractivity contribution in [2.45, 2.75) is 31.3 Å². The summed E-state index contributed by atoms with van der Waals surface area (Å²) in [5.74, 6) is -0.482. The summed E-state index contributed by atoms with van der Waals surface area (Å²) in [6, 6.07) is 13.0. The van der Waals surface area contributed by atoms with E-state index >= 15 is 0 Å². The highest BCUT2D eigenvalue weighted by atomic mass is 35.5. The number of aromatic hydroxyl groups is 1. The van der Waals surface area contributed by atoms with E-state index in [1.165, 1.54) is 18.2 Å². The quantitative estimate of drug-likeness (QED) is 0.411. The Balaban J connectivity index is 1.70. The number of aryl methyl sites for hydroxylation is 1. The van der Waals surface area contributed by atoms with Crippen LogP contribution in [0.3, 0.4) is 0 Å². The Hall–Kier alpha value is -2.61. The molecule has 0 aliphatic carbocycles. The molecule has 2 aromatic rings. The number of carbonyl (C=O) groups excluding carboxylic acids is 2. The largest absolute Gasteiger partial charge is 0.506 e. The van der Waals surface area contributed by atoms with Crippen LogP contribution in [0.2, 0.25) is 5.02 Å². The van der Waals surface area contributed by atoms with E-state index in [4.69, 9.17) is 17.3 Å². The van der Waals surface area contributed by atoms with E-state index in [-0.39, 0.29) is 29.3 Å². The van der Waals surface area contributed by atoms with Crippen LogP contribution >= 0.6 is 11.6 Å². The molecule has 1 aliphatic heterocycles. The maximum absolute atomic E-state index is 12.9. The zero-order chi connectivity index (χ0) is 21.5. The third kappa shape index (κ3) is 5.95. The molecule has 8 heteroatoms. The highest BCUT2D eigenvalue weighted by Gasteiger charge is 2.31. The van der Waals surface area contributed by atoms with Crippen LogP contribution in [0.25, 0.3) is 0 Å². The van der Waals surface area contributed by atoms with Crippen LogP contribution in [-0.2, 0) is 16.0 Å². The van der Waals surface area contributed by atoms with Gasteiger partial charge < -0.3 is 26.8 Å². The molecule has 1 fully saturated rings. The van der Waals surface area contributed by atoms with Gasteiger partial charge in [-0.3, -0.25) is 9.59 Å². The first-order valence-electron chi connectivity index (χ1n) is 10.0. The second-order valence-electron chi connectivity index (χ2n) is 7.53. The van der Waals surface area contributed by atoms with Gasteiger partial charge in [-0.25, -0.2) is 0 Å². The number of phenols is 1. The average molecular weight is 431 g/mol. The summed E-state index contributed by atoms with van der Waals surface area (Å²) in [5, 5.41) is 19.1. The maximum Gasteiger partial charge on any atom is 0.247 e. The molecule has 2 amide bonds. The highest BCUT2D eigenvalue weighted by molar-refractivity contribution is 6.31. The SMILES string of the molecule is NC[C@@H]1CN[C@@H](C(=O)NC(CCc2ccccc2)C(=O)Nc2cc(Cl)ccc2O)C1. The number of carbonyl (C=O) groups is 2. The number of hydrogen-bond donors (Lipinski definition) is 5. The molecular formula is C22H27ClN4O3. The minimum absolute atomic E-state index is 0.0934. The molecule has 0 radical (unpaired) electrons. The van der Waals surface area contributed by atoms with Gasteiger partial charge >= 0.3 is 0 Å². The maximum atomic E-state index is 12.9. The van der Waals surface area contributed by atoms with Crippen molar-refractivity contribution in [3.05, 3.63) is 59.1 Å². The summed E-state index contributed by atoms with van der Waals surface area (Å²) in [6.07, 6.45) is 1.67. The molecule has 1 aliphatic rings. The molecule has 0 bridgehead atoms. The Morgan fingerprint density at radius 1 is 1.23 bits per heavy atom. The van der Waals surface area contributed by atoms with Crippen molar-refractivity contribution in [2.75, 3.05) is 18.4 Å². The Bertz CT molecular complexity index is 878. The average Bonchev–Trinajstić information content (AvgIpc) is 3.24. The van der Waals surface area contributed by atoms with Crippen molar-refractivity contribution in [1.29, 1.82) is 0 Å². The summed E-state index contributed by atoms with van der Waals surface area (Å²) >= 11 is 5.97. The fourth-order valence-electron chi connectivity index (χ4n) is 3.51. The first-order chi connectivity index (χ1) is 14.5. The van der Waals surface area contributed by atoms with Crippen LogP contribution in [0.15, 0.2) is 48.5 Å². The molecule has 30 heavy (non-hydrogen) atoms. The number of phenolic OH excluding ortho intramolecular Hbond substituents is 1. The highest BCUT2D eigenvalue weighted by Crippen LogP contribution is 2.27. The lowest BCUT2D eigenvalue weighted by Crippen LogP contribution is -2.50. The monoisotopic (exact) mass is 430 g/mol. The number of nitrogens with one attached hydrogen (secondary N) is 3. The van der Waals surface area contributed by atoms with Gasteiger partial charge in [-0.05, 0) is 62.0 Å². The van der Waals surface area contributed by atoms with Crippen LogP contribution in [0.4, 0.5) is 5.69 Å². The lowest BCUT2D eigenvalue weighted by Gasteiger charge is -2.21. The summed E-state index contributed by atoms with van der Waals surface area (Å²) in [4.78, 5) is 25.7. The lowest BCUT2D eigenvalue weighted by molar-refractivity contribution is -0.127. The van der Waals surface area contributed by atoms with E-state index < -0.39 is 11.9 Å². The summed E-state index contributed by atoms with van der Waals surface area (Å²) in [5.41, 5.74) is 6.97. The molecule has 1 unspecified atom stereocenters. The number of benzene rings is 2. The standard InChI is InChI=1S/C22H27ClN4O3/c23-16-7-9-20(28)18(11-16)27-21(29)17(8-6-14-4-2-1-3-5-14)26-22(30)19-10-15(12-24)13-25-19/h1-5,7,9,11,15,17,19,25,28H,6,8,10,12-13,24H2,(H,26,30)(H,27,29)/t15-,17?,19-/m1/s1. The fraction of sp³-hybridized carbons (Fsp3) is 0.364. The van der Waals surface area contributed by atoms with Crippen molar-refractivity contribution in [1.82, 2.24) is 10.6 Å². The fourth-order valence-corrected chi connectivity index (χ4v) is 3.69. The van der Waals surface area contributed by atoms with Crippen LogP contribution in [0.1, 0.15) is 18.4 Å². The topological polar surface area (TPSA) is 116 Å². The Kier molecular flexibility index (Phi) is 7.68. The van der Waals surface area contributed by atoms with Crippen molar-refractivity contribution >= 4 is 29.1 Å². The molecule has 0 saturated carbocycles. The van der Waals surface area contributed by atoms with Gasteiger partial charge in [0, 0.05) is 5.02 Å². The van der Waals surface area contributed by atoms with E-state index in [1.807, 2.05) is 30.3 Å². The number of amides is 2. The predicted octanol–water partition coefficient (Wildman–Crippen LogP) is 2.04. The first kappa shape index (κ1) is 22.1. The molecule has 6 N–H and O–H groups in total. The molecule has 0 spiro atoms. The molecule has 3 rings (SSSR count). The number of anilines is 1. The van der Waals surface area contributed by atoms with Gasteiger partial charge in [0.15, 0.2) is 0 Å². The van der Waals surface area contributed by atoms with E-state index in [0.29, 0.717) is 37.4 Å². The molecule has 7 nitrogen and oxygen atoms in total. The van der Waals surface area contributed by atoms with Gasteiger partial charge in [0.25, 0.3) is 0 Å². The zero-order valence-corrected chi connectivity index (χ0v) is 17.4. The van der Waals surface area contributed by atoms with Gasteiger partial charge in [0.1, 0.15) is 11.8 Å². The van der Waals surface area contributed by atoms with Gasteiger partial charge in [-0.15, -0.1) is 0 Å². The summed E-state index contributed by atoms with van der Waals surface area (Å²) in [7, 11) is 0. The van der Waals surface area contributed by atoms with E-state index in [9.17, 15) is 14.7 Å². The van der Waals surface area contributed by atoms with E-state index in [1.54, 1.807) is 0 Å². The number of halogens is 1. The molecule has 0 aromatic heterocycles. The first-order valence-corrected chi connectivity index (χ1v) is 10.4. The Morgan fingerprint density at radius 3 is 2.70 bits per heavy atom. The summed E-state index contributed by atoms with van der Waals surface area (Å²) in [6.45, 7) is 1.20. The van der Waals surface area contributed by atoms with Crippen LogP contribution < -0.4 is 21.7 Å². The minimum Gasteiger partial charge on any atom is -0.506 e. The number of nitrogens with two attached hydrogens (primary N) is 1. The third-order valence-corrected chi connectivity index (χ3v) is 5.52. The van der Waals surface area contributed by atoms with Crippen LogP contribution in [0.5, 0.6) is 5.75 Å². The van der Waals surface area contributed by atoms with Crippen molar-refractivity contribution in [3.63, 3.8) is 0 Å². The van der Waals surface area contributed by atoms with Gasteiger partial charge in [0.05, 0.1) is 11.7 Å². The van der Waals surface area contributed by atoms with Crippen molar-refractivity contribution in [2.24, 2.45) is 11.7 Å². The number of hydrogen-bond acceptors (Lipinski definition) is 5. The van der Waals surface area contributed by atoms with Gasteiger partial charge in [-0.1, -0.05) is 41.9 Å². The molecule has 1 heterocycles. The van der Waals surface area contributed by atoms with Crippen LogP contribution in [0, 0.1) is 5.92 Å². The second-order valence-corrected chi connectivity index (χ2v) is 7.97. The minimum atomic E-state index is -0.769. The van der Waals surface area contributed by atoms with Crippen LogP contribution in [-0.4, -0.2) is 42.1 Å².